The fraction of sp³-hybridized carbons (Fsp3) is 0.913. The van der Waals surface area contributed by atoms with Crippen LogP contribution in [0.3, 0.4) is 0 Å². The number of amides is 2. The molecule has 9 nitrogen and oxygen atoms in total. The predicted octanol–water partition coefficient (Wildman–Crippen LogP) is 1.26. The van der Waals surface area contributed by atoms with E-state index in [-0.39, 0.29) is 29.2 Å². The van der Waals surface area contributed by atoms with Gasteiger partial charge in [-0.05, 0) is 43.4 Å². The zero-order chi connectivity index (χ0) is 25.9. The molecule has 2 N–H and O–H groups in total. The minimum atomic E-state index is -2.89. The van der Waals surface area contributed by atoms with Gasteiger partial charge in [0.15, 0.2) is 19.7 Å². The van der Waals surface area contributed by atoms with Gasteiger partial charge in [0, 0.05) is 25.6 Å². The second kappa shape index (κ2) is 14.4. The zero-order valence-electron chi connectivity index (χ0n) is 21.1. The van der Waals surface area contributed by atoms with E-state index in [1.165, 1.54) is 12.8 Å². The van der Waals surface area contributed by atoms with E-state index >= 15 is 0 Å². The molecule has 34 heavy (non-hydrogen) atoms. The van der Waals surface area contributed by atoms with Crippen LogP contribution in [-0.4, -0.2) is 87.9 Å². The number of hydrogen-bond donors (Lipinski definition) is 2. The van der Waals surface area contributed by atoms with E-state index in [1.807, 2.05) is 18.7 Å². The third-order valence-electron chi connectivity index (χ3n) is 6.47. The Morgan fingerprint density at radius 3 is 1.91 bits per heavy atom. The highest BCUT2D eigenvalue weighted by atomic mass is 32.2. The number of nitrogens with one attached hydrogen (secondary N) is 1. The van der Waals surface area contributed by atoms with E-state index in [4.69, 9.17) is 5.11 Å². The van der Waals surface area contributed by atoms with E-state index in [2.05, 4.69) is 12.2 Å². The lowest BCUT2D eigenvalue weighted by atomic mass is 10.1. The van der Waals surface area contributed by atoms with Gasteiger partial charge in [0.2, 0.25) is 12.3 Å². The van der Waals surface area contributed by atoms with E-state index in [9.17, 15) is 26.4 Å². The Hall–Kier alpha value is -1.20. The molecule has 11 heteroatoms. The zero-order valence-corrected chi connectivity index (χ0v) is 22.7. The number of aliphatic hydroxyl groups excluding tert-OH is 1. The molecule has 4 heterocycles. The Balaban J connectivity index is 0.000000227. The average Bonchev–Trinajstić information content (AvgIpc) is 3.33. The maximum atomic E-state index is 10.9. The van der Waals surface area contributed by atoms with Crippen LogP contribution in [0.2, 0.25) is 0 Å². The number of likely N-dealkylation sites (tertiary alicyclic amines) is 1. The van der Waals surface area contributed by atoms with E-state index in [1.54, 1.807) is 6.92 Å². The van der Waals surface area contributed by atoms with Crippen LogP contribution in [0.25, 0.3) is 0 Å². The van der Waals surface area contributed by atoms with Crippen molar-refractivity contribution in [1.82, 2.24) is 10.2 Å². The molecule has 5 atom stereocenters. The highest BCUT2D eigenvalue weighted by Gasteiger charge is 2.32. The fourth-order valence-corrected chi connectivity index (χ4v) is 8.11. The minimum Gasteiger partial charge on any atom is -0.392 e. The smallest absolute Gasteiger partial charge is 0.222 e. The molecule has 4 saturated heterocycles. The first-order valence-corrected chi connectivity index (χ1v) is 15.9. The molecule has 0 saturated carbocycles. The van der Waals surface area contributed by atoms with E-state index in [0.29, 0.717) is 17.4 Å². The Labute approximate surface area is 205 Å². The number of hydrogen-bond acceptors (Lipinski definition) is 7. The fourth-order valence-electron chi connectivity index (χ4n) is 4.14. The summed E-state index contributed by atoms with van der Waals surface area (Å²) in [7, 11) is -5.49. The van der Waals surface area contributed by atoms with Crippen LogP contribution in [0.4, 0.5) is 0 Å². The molecule has 0 aromatic rings. The Bertz CT molecular complexity index is 829. The Kier molecular flexibility index (Phi) is 13.0. The van der Waals surface area contributed by atoms with Gasteiger partial charge in [0.05, 0.1) is 29.1 Å². The lowest BCUT2D eigenvalue weighted by Gasteiger charge is -2.04. The summed E-state index contributed by atoms with van der Waals surface area (Å²) >= 11 is 0. The van der Waals surface area contributed by atoms with Crippen molar-refractivity contribution in [1.29, 1.82) is 0 Å². The van der Waals surface area contributed by atoms with Gasteiger partial charge in [-0.3, -0.25) is 9.59 Å². The standard InChI is InChI=1S/C7H13NO.C6H11NO.C5H10O3S.C5H10O2S/c1-6-4-2-3-5-8-7(6)9;1-6-2-3-7(4-6)5-8;1-4-2-9(7,8)3-5(4)6;1-5-2-3-8(6,7)4-5/h6H,2-5H2,1H3,(H,8,9);5-6H,2-4H2,1H3;4-6H,2-3H2,1H3;5H,2-4H2,1H3. The summed E-state index contributed by atoms with van der Waals surface area (Å²) in [5, 5.41) is 11.8. The van der Waals surface area contributed by atoms with Gasteiger partial charge in [-0.15, -0.1) is 0 Å². The molecule has 4 rings (SSSR count). The van der Waals surface area contributed by atoms with Gasteiger partial charge >= 0.3 is 0 Å². The summed E-state index contributed by atoms with van der Waals surface area (Å²) in [6, 6.07) is 0. The maximum Gasteiger partial charge on any atom is 0.222 e. The molecule has 0 aromatic carbocycles. The van der Waals surface area contributed by atoms with Gasteiger partial charge in [0.1, 0.15) is 0 Å². The summed E-state index contributed by atoms with van der Waals surface area (Å²) < 4.78 is 42.7. The molecule has 0 radical (unpaired) electrons. The second-order valence-corrected chi connectivity index (χ2v) is 14.7. The number of nitrogens with zero attached hydrogens (tertiary/aromatic N) is 1. The minimum absolute atomic E-state index is 0.0475. The van der Waals surface area contributed by atoms with Crippen molar-refractivity contribution >= 4 is 32.0 Å². The third kappa shape index (κ3) is 12.5. The summed E-state index contributed by atoms with van der Waals surface area (Å²) in [4.78, 5) is 22.8. The van der Waals surface area contributed by atoms with E-state index in [0.717, 1.165) is 51.2 Å². The van der Waals surface area contributed by atoms with Crippen LogP contribution >= 0.6 is 0 Å². The summed E-state index contributed by atoms with van der Waals surface area (Å²) in [5.74, 6) is 2.44. The number of sulfone groups is 2. The second-order valence-electron chi connectivity index (χ2n) is 10.3. The van der Waals surface area contributed by atoms with Crippen molar-refractivity contribution in [2.24, 2.45) is 23.7 Å². The van der Waals surface area contributed by atoms with Crippen molar-refractivity contribution in [2.45, 2.75) is 65.9 Å². The normalized spacial score (nSPS) is 33.6. The van der Waals surface area contributed by atoms with Crippen molar-refractivity contribution in [3.8, 4) is 0 Å². The van der Waals surface area contributed by atoms with Gasteiger partial charge in [0.25, 0.3) is 0 Å². The lowest BCUT2D eigenvalue weighted by Crippen LogP contribution is -2.26. The molecule has 4 fully saturated rings. The van der Waals surface area contributed by atoms with Crippen LogP contribution in [0, 0.1) is 23.7 Å². The maximum absolute atomic E-state index is 10.9. The third-order valence-corrected chi connectivity index (χ3v) is 10.3. The summed E-state index contributed by atoms with van der Waals surface area (Å²) in [6.45, 7) is 10.7. The molecular weight excluding hydrogens is 480 g/mol. The number of aliphatic hydroxyl groups is 1. The quantitative estimate of drug-likeness (QED) is 0.493. The lowest BCUT2D eigenvalue weighted by molar-refractivity contribution is -0.124. The molecule has 0 aromatic heterocycles. The van der Waals surface area contributed by atoms with Crippen molar-refractivity contribution in [3.63, 3.8) is 0 Å². The summed E-state index contributed by atoms with van der Waals surface area (Å²) in [6.07, 6.45) is 5.75. The topological polar surface area (TPSA) is 138 Å². The first-order valence-electron chi connectivity index (χ1n) is 12.3. The van der Waals surface area contributed by atoms with Gasteiger partial charge < -0.3 is 15.3 Å². The number of carbonyl (C=O) groups is 2. The van der Waals surface area contributed by atoms with Crippen LogP contribution in [-0.2, 0) is 29.3 Å². The molecule has 0 spiro atoms. The largest absolute Gasteiger partial charge is 0.392 e. The molecular formula is C23H44N2O7S2. The van der Waals surface area contributed by atoms with Crippen molar-refractivity contribution in [2.75, 3.05) is 42.6 Å². The molecule has 4 aliphatic rings. The highest BCUT2D eigenvalue weighted by Crippen LogP contribution is 2.18. The van der Waals surface area contributed by atoms with Crippen molar-refractivity contribution in [3.05, 3.63) is 0 Å². The SMILES string of the molecule is CC1CCCCNC1=O.CC1CCN(C=O)C1.CC1CCS(=O)(=O)C1.CC1CS(=O)(=O)CC1O. The molecule has 0 aliphatic carbocycles. The van der Waals surface area contributed by atoms with Crippen LogP contribution in [0.5, 0.6) is 0 Å². The van der Waals surface area contributed by atoms with Gasteiger partial charge in [-0.2, -0.15) is 0 Å². The molecule has 4 aliphatic heterocycles. The van der Waals surface area contributed by atoms with Gasteiger partial charge in [-0.25, -0.2) is 16.8 Å². The number of carbonyl (C=O) groups excluding carboxylic acids is 2. The first-order chi connectivity index (χ1) is 15.7. The van der Waals surface area contributed by atoms with E-state index < -0.39 is 25.8 Å². The van der Waals surface area contributed by atoms with Crippen LogP contribution in [0.15, 0.2) is 0 Å². The number of rotatable bonds is 1. The van der Waals surface area contributed by atoms with Crippen LogP contribution < -0.4 is 5.32 Å². The highest BCUT2D eigenvalue weighted by molar-refractivity contribution is 7.91. The molecule has 2 amide bonds. The summed E-state index contributed by atoms with van der Waals surface area (Å²) in [5.41, 5.74) is 0. The van der Waals surface area contributed by atoms with Gasteiger partial charge in [-0.1, -0.05) is 34.1 Å². The molecule has 0 bridgehead atoms. The first kappa shape index (κ1) is 30.8. The Morgan fingerprint density at radius 1 is 0.912 bits per heavy atom. The molecule has 5 unspecified atom stereocenters. The predicted molar refractivity (Wildman–Crippen MR) is 134 cm³/mol. The monoisotopic (exact) mass is 524 g/mol. The van der Waals surface area contributed by atoms with Crippen LogP contribution in [0.1, 0.15) is 59.8 Å². The molecule has 200 valence electrons. The average molecular weight is 525 g/mol. The van der Waals surface area contributed by atoms with Crippen molar-refractivity contribution < 1.29 is 31.5 Å². The Morgan fingerprint density at radius 2 is 1.59 bits per heavy atom.